The molecule has 11 rings (SSSR count). The van der Waals surface area contributed by atoms with Crippen LogP contribution in [-0.2, 0) is 0 Å². The Labute approximate surface area is 262 Å². The lowest BCUT2D eigenvalue weighted by molar-refractivity contribution is 1.15. The van der Waals surface area contributed by atoms with Gasteiger partial charge in [-0.15, -0.1) is 0 Å². The maximum atomic E-state index is 5.27. The molecule has 0 unspecified atom stereocenters. The predicted octanol–water partition coefficient (Wildman–Crippen LogP) is 10.1. The van der Waals surface area contributed by atoms with E-state index < -0.39 is 0 Å². The minimum Gasteiger partial charge on any atom is -0.276 e. The molecule has 7 aromatic carbocycles. The third-order valence-electron chi connectivity index (χ3n) is 9.70. The topological polar surface area (TPSA) is 39.0 Å². The summed E-state index contributed by atoms with van der Waals surface area (Å²) in [4.78, 5) is 10.5. The van der Waals surface area contributed by atoms with E-state index in [4.69, 9.17) is 9.97 Å². The van der Waals surface area contributed by atoms with Gasteiger partial charge in [0.05, 0.1) is 33.1 Å². The van der Waals surface area contributed by atoms with Crippen LogP contribution in [0.5, 0.6) is 0 Å². The summed E-state index contributed by atoms with van der Waals surface area (Å²) in [6.45, 7) is 2.18. The molecule has 11 aromatic rings. The molecule has 46 heavy (non-hydrogen) atoms. The van der Waals surface area contributed by atoms with Gasteiger partial charge >= 0.3 is 0 Å². The average Bonchev–Trinajstić information content (AvgIpc) is 3.81. The van der Waals surface area contributed by atoms with Crippen LogP contribution in [0.1, 0.15) is 5.56 Å². The summed E-state index contributed by atoms with van der Waals surface area (Å²) in [5.41, 5.74) is 13.6. The molecule has 0 aliphatic carbocycles. The van der Waals surface area contributed by atoms with Crippen molar-refractivity contribution in [1.29, 1.82) is 0 Å². The van der Waals surface area contributed by atoms with Crippen molar-refractivity contribution in [1.82, 2.24) is 23.2 Å². The van der Waals surface area contributed by atoms with E-state index in [1.807, 2.05) is 0 Å². The third kappa shape index (κ3) is 3.13. The van der Waals surface area contributed by atoms with Crippen LogP contribution in [0.4, 0.5) is 0 Å². The van der Waals surface area contributed by atoms with Gasteiger partial charge in [-0.3, -0.25) is 8.80 Å². The molecule has 0 atom stereocenters. The van der Waals surface area contributed by atoms with Gasteiger partial charge in [0.1, 0.15) is 5.52 Å². The Kier molecular flexibility index (Phi) is 4.46. The predicted molar refractivity (Wildman–Crippen MR) is 189 cm³/mol. The molecule has 0 saturated carbocycles. The molecule has 0 aliphatic heterocycles. The molecule has 0 saturated heterocycles. The highest BCUT2D eigenvalue weighted by Crippen LogP contribution is 2.39. The van der Waals surface area contributed by atoms with Crippen LogP contribution in [0.25, 0.3) is 94.0 Å². The molecule has 214 valence electrons. The molecule has 0 radical (unpaired) electrons. The van der Waals surface area contributed by atoms with E-state index in [2.05, 4.69) is 154 Å². The van der Waals surface area contributed by atoms with E-state index in [-0.39, 0.29) is 0 Å². The first-order valence-corrected chi connectivity index (χ1v) is 15.7. The molecule has 0 N–H and O–H groups in total. The molecular formula is C41H25N5. The summed E-state index contributed by atoms with van der Waals surface area (Å²) in [6.07, 6.45) is 0. The number of benzene rings is 7. The molecule has 0 bridgehead atoms. The summed E-state index contributed by atoms with van der Waals surface area (Å²) < 4.78 is 6.92. The van der Waals surface area contributed by atoms with Gasteiger partial charge in [-0.25, -0.2) is 14.4 Å². The number of imidazole rings is 4. The van der Waals surface area contributed by atoms with Gasteiger partial charge in [0, 0.05) is 0 Å². The molecule has 5 heteroatoms. The highest BCUT2D eigenvalue weighted by molar-refractivity contribution is 6.08. The summed E-state index contributed by atoms with van der Waals surface area (Å²) in [5.74, 6) is 1.76. The maximum absolute atomic E-state index is 5.27. The van der Waals surface area contributed by atoms with Crippen molar-refractivity contribution in [3.8, 4) is 22.3 Å². The van der Waals surface area contributed by atoms with Crippen LogP contribution in [0, 0.1) is 6.92 Å². The number of rotatable bonds is 2. The fourth-order valence-electron chi connectivity index (χ4n) is 7.65. The number of fused-ring (bicyclic) bond motifs is 12. The van der Waals surface area contributed by atoms with Gasteiger partial charge in [0.15, 0.2) is 0 Å². The molecule has 0 amide bonds. The Morgan fingerprint density at radius 1 is 0.391 bits per heavy atom. The molecule has 5 nitrogen and oxygen atoms in total. The van der Waals surface area contributed by atoms with Crippen molar-refractivity contribution < 1.29 is 0 Å². The van der Waals surface area contributed by atoms with Gasteiger partial charge in [-0.05, 0) is 98.8 Å². The first kappa shape index (κ1) is 24.2. The van der Waals surface area contributed by atoms with E-state index in [1.165, 1.54) is 49.4 Å². The zero-order valence-corrected chi connectivity index (χ0v) is 24.9. The number of aromatic nitrogens is 5. The van der Waals surface area contributed by atoms with E-state index in [9.17, 15) is 0 Å². The maximum Gasteiger partial charge on any atom is 0.223 e. The van der Waals surface area contributed by atoms with Crippen molar-refractivity contribution in [2.24, 2.45) is 0 Å². The van der Waals surface area contributed by atoms with Gasteiger partial charge < -0.3 is 0 Å². The van der Waals surface area contributed by atoms with Gasteiger partial charge in [0.2, 0.25) is 11.6 Å². The molecular weight excluding hydrogens is 562 g/mol. The number of aryl methyl sites for hydroxylation is 1. The number of hydrogen-bond donors (Lipinski definition) is 0. The monoisotopic (exact) mass is 587 g/mol. The Morgan fingerprint density at radius 3 is 1.39 bits per heavy atom. The molecule has 0 spiro atoms. The van der Waals surface area contributed by atoms with E-state index in [1.54, 1.807) is 0 Å². The Morgan fingerprint density at radius 2 is 0.848 bits per heavy atom. The molecule has 4 aromatic heterocycles. The summed E-state index contributed by atoms with van der Waals surface area (Å²) in [5, 5.41) is 4.79. The largest absolute Gasteiger partial charge is 0.276 e. The second-order valence-electron chi connectivity index (χ2n) is 12.5. The number of nitrogens with zero attached hydrogens (tertiary/aromatic N) is 5. The zero-order chi connectivity index (χ0) is 30.1. The second kappa shape index (κ2) is 8.49. The normalized spacial score (nSPS) is 12.5. The lowest BCUT2D eigenvalue weighted by atomic mass is 9.96. The van der Waals surface area contributed by atoms with Crippen molar-refractivity contribution in [2.75, 3.05) is 0 Å². The third-order valence-corrected chi connectivity index (χ3v) is 9.70. The summed E-state index contributed by atoms with van der Waals surface area (Å²) >= 11 is 0. The minimum atomic E-state index is 0.881. The molecule has 0 aliphatic rings. The van der Waals surface area contributed by atoms with E-state index in [0.717, 1.165) is 50.2 Å². The lowest BCUT2D eigenvalue weighted by Gasteiger charge is -2.10. The van der Waals surface area contributed by atoms with Crippen molar-refractivity contribution >= 4 is 71.7 Å². The average molecular weight is 588 g/mol. The molecule has 0 fully saturated rings. The smallest absolute Gasteiger partial charge is 0.223 e. The van der Waals surface area contributed by atoms with Gasteiger partial charge in [-0.2, -0.15) is 0 Å². The van der Waals surface area contributed by atoms with Crippen molar-refractivity contribution in [3.05, 3.63) is 139 Å². The van der Waals surface area contributed by atoms with Crippen LogP contribution in [0.2, 0.25) is 0 Å². The quantitative estimate of drug-likeness (QED) is 0.202. The Hall–Kier alpha value is -6.20. The second-order valence-corrected chi connectivity index (χ2v) is 12.5. The van der Waals surface area contributed by atoms with Crippen molar-refractivity contribution in [3.63, 3.8) is 0 Å². The van der Waals surface area contributed by atoms with E-state index >= 15 is 0 Å². The van der Waals surface area contributed by atoms with Crippen LogP contribution in [-0.4, -0.2) is 23.2 Å². The van der Waals surface area contributed by atoms with Crippen LogP contribution in [0.15, 0.2) is 133 Å². The summed E-state index contributed by atoms with van der Waals surface area (Å²) in [6, 6.07) is 48.2. The highest BCUT2D eigenvalue weighted by Gasteiger charge is 2.25. The van der Waals surface area contributed by atoms with Crippen LogP contribution < -0.4 is 0 Å². The molecule has 4 heterocycles. The standard InChI is InChI=1S/C41H25N5/c1-24-15-30(25-9-3-2-4-10-25)17-31(16-24)32-22-37-39-38(23-32)45-36-21-29-14-8-6-12-27(29)19-34(36)43-41(45)46(39)40-42-33-18-26-11-5-7-13-28(26)20-35(33)44(37)40/h2-23H,1H3. The van der Waals surface area contributed by atoms with Gasteiger partial charge in [0.25, 0.3) is 0 Å². The summed E-state index contributed by atoms with van der Waals surface area (Å²) in [7, 11) is 0. The van der Waals surface area contributed by atoms with Gasteiger partial charge in [-0.1, -0.05) is 91.0 Å². The zero-order valence-electron chi connectivity index (χ0n) is 24.9. The first-order chi connectivity index (χ1) is 22.7. The Bertz CT molecular complexity index is 2870. The van der Waals surface area contributed by atoms with Crippen LogP contribution >= 0.6 is 0 Å². The van der Waals surface area contributed by atoms with E-state index in [0.29, 0.717) is 0 Å². The fourth-order valence-corrected chi connectivity index (χ4v) is 7.65. The minimum absolute atomic E-state index is 0.881. The Balaban J connectivity index is 1.32. The highest BCUT2D eigenvalue weighted by atomic mass is 15.3. The first-order valence-electron chi connectivity index (χ1n) is 15.7. The van der Waals surface area contributed by atoms with Crippen LogP contribution in [0.3, 0.4) is 0 Å². The fraction of sp³-hybridized carbons (Fsp3) is 0.0244. The lowest BCUT2D eigenvalue weighted by Crippen LogP contribution is -1.89. The number of hydrogen-bond acceptors (Lipinski definition) is 2. The SMILES string of the molecule is Cc1cc(-c2ccccc2)cc(-c2cc3c4c(c2)n2c5cc6ccccc6cc5nc2n4c2nc4cc5ccccc5cc4n32)c1. The van der Waals surface area contributed by atoms with Crippen molar-refractivity contribution in [2.45, 2.75) is 6.92 Å².